The molecule has 1 rings (SSSR count). The summed E-state index contributed by atoms with van der Waals surface area (Å²) in [6.45, 7) is 10.2. The molecule has 0 fully saturated rings. The van der Waals surface area contributed by atoms with Gasteiger partial charge in [0.25, 0.3) is 0 Å². The minimum atomic E-state index is -1.63. The van der Waals surface area contributed by atoms with Gasteiger partial charge in [-0.3, -0.25) is 0 Å². The molecule has 0 saturated heterocycles. The third-order valence-corrected chi connectivity index (χ3v) is 4.90. The molecule has 68 valence electrons. The van der Waals surface area contributed by atoms with Gasteiger partial charge >= 0.3 is 83.1 Å². The van der Waals surface area contributed by atoms with Gasteiger partial charge in [0, 0.05) is 0 Å². The average molecular weight is 249 g/mol. The Hall–Kier alpha value is 0.288. The Balaban J connectivity index is 2.95. The van der Waals surface area contributed by atoms with Crippen molar-refractivity contribution in [3.63, 3.8) is 0 Å². The van der Waals surface area contributed by atoms with Crippen molar-refractivity contribution in [1.82, 2.24) is 0 Å². The summed E-state index contributed by atoms with van der Waals surface area (Å²) in [4.78, 5) is 2.00. The Bertz CT molecular complexity index is 219. The van der Waals surface area contributed by atoms with Crippen LogP contribution in [0.3, 0.4) is 0 Å². The molecule has 12 heavy (non-hydrogen) atoms. The van der Waals surface area contributed by atoms with Gasteiger partial charge in [0.15, 0.2) is 0 Å². The third kappa shape index (κ3) is 1.64. The first-order valence-electron chi connectivity index (χ1n) is 3.88. The van der Waals surface area contributed by atoms with E-state index < -0.39 is 14.1 Å². The normalized spacial score (nSPS) is 35.5. The van der Waals surface area contributed by atoms with Gasteiger partial charge in [-0.05, 0) is 0 Å². The van der Waals surface area contributed by atoms with E-state index >= 15 is 0 Å². The first kappa shape index (κ1) is 10.4. The maximum absolute atomic E-state index is 5.97. The number of hydrogen-bond donors (Lipinski definition) is 0. The maximum atomic E-state index is 5.97. The fraction of sp³-hybridized carbons (Fsp3) is 0.556. The predicted molar refractivity (Wildman–Crippen MR) is 54.2 cm³/mol. The summed E-state index contributed by atoms with van der Waals surface area (Å²) < 4.78 is 5.74. The van der Waals surface area contributed by atoms with Gasteiger partial charge in [-0.25, -0.2) is 0 Å². The van der Waals surface area contributed by atoms with Crippen molar-refractivity contribution in [3.05, 3.63) is 23.6 Å². The molecule has 1 aliphatic rings. The van der Waals surface area contributed by atoms with Crippen LogP contribution in [0.4, 0.5) is 0 Å². The molecule has 3 heteroatoms. The molecule has 0 amide bonds. The van der Waals surface area contributed by atoms with E-state index in [1.807, 2.05) is 17.0 Å². The predicted octanol–water partition coefficient (Wildman–Crippen LogP) is 2.81. The van der Waals surface area contributed by atoms with E-state index in [2.05, 4.69) is 27.4 Å². The zero-order valence-corrected chi connectivity index (χ0v) is 10.3. The Kier molecular flexibility index (Phi) is 2.78. The molecular formula is C9H14AsClO. The van der Waals surface area contributed by atoms with Gasteiger partial charge < -0.3 is 0 Å². The molecule has 1 aliphatic heterocycles. The first-order valence-corrected chi connectivity index (χ1v) is 8.20. The van der Waals surface area contributed by atoms with Crippen LogP contribution in [0.15, 0.2) is 23.6 Å². The third-order valence-electron chi connectivity index (χ3n) is 2.15. The SMILES string of the molecule is C=CC1(C(C)(C)C)C=C[As](Cl)O1. The standard InChI is InChI=1S/C9H14AsClO/c1-5-9(8(2,3)4)6-7-10(11)12-9/h5-7H,1H2,2-4H3. The van der Waals surface area contributed by atoms with Crippen LogP contribution in [0, 0.1) is 5.41 Å². The molecule has 0 N–H and O–H groups in total. The van der Waals surface area contributed by atoms with E-state index in [0.29, 0.717) is 0 Å². The minimum absolute atomic E-state index is 0.0314. The Morgan fingerprint density at radius 1 is 1.58 bits per heavy atom. The molecule has 0 aliphatic carbocycles. The molecule has 1 heterocycles. The second kappa shape index (κ2) is 3.21. The average Bonchev–Trinajstić information content (AvgIpc) is 2.31. The fourth-order valence-electron chi connectivity index (χ4n) is 1.17. The Morgan fingerprint density at radius 3 is 2.33 bits per heavy atom. The van der Waals surface area contributed by atoms with Gasteiger partial charge in [-0.2, -0.15) is 0 Å². The zero-order valence-electron chi connectivity index (χ0n) is 7.67. The van der Waals surface area contributed by atoms with Crippen LogP contribution in [-0.2, 0) is 3.73 Å². The summed E-state index contributed by atoms with van der Waals surface area (Å²) in [6.07, 6.45) is 3.90. The Morgan fingerprint density at radius 2 is 2.17 bits per heavy atom. The van der Waals surface area contributed by atoms with Crippen molar-refractivity contribution in [1.29, 1.82) is 0 Å². The van der Waals surface area contributed by atoms with E-state index in [4.69, 9.17) is 13.7 Å². The molecule has 0 bridgehead atoms. The van der Waals surface area contributed by atoms with Gasteiger partial charge in [-0.15, -0.1) is 0 Å². The van der Waals surface area contributed by atoms with Crippen LogP contribution in [0.5, 0.6) is 0 Å². The van der Waals surface area contributed by atoms with Crippen LogP contribution in [0.1, 0.15) is 20.8 Å². The summed E-state index contributed by atoms with van der Waals surface area (Å²) in [5.41, 5.74) is -0.307. The number of rotatable bonds is 1. The molecular weight excluding hydrogens is 234 g/mol. The molecule has 0 saturated carbocycles. The van der Waals surface area contributed by atoms with Crippen LogP contribution in [0.25, 0.3) is 0 Å². The van der Waals surface area contributed by atoms with Crippen molar-refractivity contribution in [3.8, 4) is 0 Å². The topological polar surface area (TPSA) is 9.23 Å². The first-order chi connectivity index (χ1) is 5.41. The summed E-state index contributed by atoms with van der Waals surface area (Å²) in [5, 5.41) is 0. The summed E-state index contributed by atoms with van der Waals surface area (Å²) in [7, 11) is 5.97. The monoisotopic (exact) mass is 248 g/mol. The number of hydrogen-bond acceptors (Lipinski definition) is 1. The molecule has 0 radical (unpaired) electrons. The van der Waals surface area contributed by atoms with Crippen LogP contribution in [-0.4, -0.2) is 19.7 Å². The molecule has 0 aromatic rings. The van der Waals surface area contributed by atoms with Crippen molar-refractivity contribution < 1.29 is 3.73 Å². The molecule has 2 unspecified atom stereocenters. The van der Waals surface area contributed by atoms with Gasteiger partial charge in [0.2, 0.25) is 0 Å². The van der Waals surface area contributed by atoms with Crippen molar-refractivity contribution >= 4 is 24.0 Å². The molecule has 0 aromatic carbocycles. The zero-order chi connectivity index (χ0) is 9.41. The van der Waals surface area contributed by atoms with Crippen molar-refractivity contribution in [2.45, 2.75) is 26.4 Å². The van der Waals surface area contributed by atoms with Crippen LogP contribution >= 0.6 is 9.95 Å². The molecule has 1 nitrogen and oxygen atoms in total. The van der Waals surface area contributed by atoms with E-state index in [0.717, 1.165) is 0 Å². The van der Waals surface area contributed by atoms with E-state index in [9.17, 15) is 0 Å². The van der Waals surface area contributed by atoms with Crippen molar-refractivity contribution in [2.75, 3.05) is 0 Å². The Labute approximate surface area is 83.2 Å². The van der Waals surface area contributed by atoms with E-state index in [-0.39, 0.29) is 11.0 Å². The quantitative estimate of drug-likeness (QED) is 0.512. The van der Waals surface area contributed by atoms with Crippen molar-refractivity contribution in [2.24, 2.45) is 5.41 Å². The van der Waals surface area contributed by atoms with Crippen LogP contribution in [0.2, 0.25) is 0 Å². The second-order valence-electron chi connectivity index (χ2n) is 3.93. The fourth-order valence-corrected chi connectivity index (χ4v) is 4.36. The summed E-state index contributed by atoms with van der Waals surface area (Å²) in [6, 6.07) is 0. The summed E-state index contributed by atoms with van der Waals surface area (Å²) >= 11 is -1.63. The van der Waals surface area contributed by atoms with E-state index in [1.54, 1.807) is 0 Å². The van der Waals surface area contributed by atoms with E-state index in [1.165, 1.54) is 0 Å². The van der Waals surface area contributed by atoms with Crippen LogP contribution < -0.4 is 0 Å². The summed E-state index contributed by atoms with van der Waals surface area (Å²) in [5.74, 6) is 0. The number of halogens is 1. The molecule has 0 spiro atoms. The van der Waals surface area contributed by atoms with Gasteiger partial charge in [-0.1, -0.05) is 0 Å². The second-order valence-corrected chi connectivity index (χ2v) is 7.81. The molecule has 2 atom stereocenters. The molecule has 0 aromatic heterocycles. The van der Waals surface area contributed by atoms with Gasteiger partial charge in [0.1, 0.15) is 0 Å². The van der Waals surface area contributed by atoms with Gasteiger partial charge in [0.05, 0.1) is 0 Å².